The van der Waals surface area contributed by atoms with Crippen LogP contribution in [0.15, 0.2) is 0 Å². The summed E-state index contributed by atoms with van der Waals surface area (Å²) in [4.78, 5) is 20.4. The molecule has 0 fully saturated rings. The van der Waals surface area contributed by atoms with E-state index in [1.165, 1.54) is 0 Å². The SMILES string of the molecule is O=C(O)CCCCC(O)(O)C(O)(O)C(=O)O. The van der Waals surface area contributed by atoms with Crippen LogP contribution in [0.4, 0.5) is 0 Å². The summed E-state index contributed by atoms with van der Waals surface area (Å²) in [6.45, 7) is 0. The molecule has 0 radical (unpaired) electrons. The molecular formula is C8H14O8. The Kier molecular flexibility index (Phi) is 4.81. The first-order valence-corrected chi connectivity index (χ1v) is 4.46. The smallest absolute Gasteiger partial charge is 0.370 e. The van der Waals surface area contributed by atoms with Crippen molar-refractivity contribution in [1.82, 2.24) is 0 Å². The summed E-state index contributed by atoms with van der Waals surface area (Å²) in [6, 6.07) is 0. The second-order valence-electron chi connectivity index (χ2n) is 3.39. The van der Waals surface area contributed by atoms with E-state index in [1.54, 1.807) is 0 Å². The first kappa shape index (κ1) is 14.8. The number of aliphatic carboxylic acids is 2. The fourth-order valence-electron chi connectivity index (χ4n) is 0.993. The van der Waals surface area contributed by atoms with Gasteiger partial charge in [0, 0.05) is 12.8 Å². The Labute approximate surface area is 90.4 Å². The number of aliphatic hydroxyl groups is 4. The van der Waals surface area contributed by atoms with Gasteiger partial charge in [-0.15, -0.1) is 0 Å². The van der Waals surface area contributed by atoms with Gasteiger partial charge in [-0.05, 0) is 12.8 Å². The molecule has 0 heterocycles. The first-order chi connectivity index (χ1) is 7.11. The van der Waals surface area contributed by atoms with Crippen LogP contribution in [0.5, 0.6) is 0 Å². The van der Waals surface area contributed by atoms with Crippen LogP contribution in [0.1, 0.15) is 25.7 Å². The van der Waals surface area contributed by atoms with E-state index in [4.69, 9.17) is 30.6 Å². The number of hydrogen-bond acceptors (Lipinski definition) is 6. The Morgan fingerprint density at radius 3 is 1.81 bits per heavy atom. The Bertz CT molecular complexity index is 269. The number of carboxylic acid groups (broad SMARTS) is 2. The largest absolute Gasteiger partial charge is 0.481 e. The van der Waals surface area contributed by atoms with Gasteiger partial charge in [0.15, 0.2) is 0 Å². The lowest BCUT2D eigenvalue weighted by atomic mass is 9.99. The third-order valence-corrected chi connectivity index (χ3v) is 2.02. The molecule has 0 rings (SSSR count). The number of hydrogen-bond donors (Lipinski definition) is 6. The van der Waals surface area contributed by atoms with E-state index in [0.29, 0.717) is 0 Å². The van der Waals surface area contributed by atoms with Crippen LogP contribution in [0, 0.1) is 0 Å². The molecule has 94 valence electrons. The van der Waals surface area contributed by atoms with Gasteiger partial charge >= 0.3 is 17.7 Å². The predicted octanol–water partition coefficient (Wildman–Crippen LogP) is -1.92. The van der Waals surface area contributed by atoms with Gasteiger partial charge in [0.2, 0.25) is 5.79 Å². The highest BCUT2D eigenvalue weighted by atomic mass is 16.6. The summed E-state index contributed by atoms with van der Waals surface area (Å²) in [5.74, 6) is -10.2. The van der Waals surface area contributed by atoms with Crippen LogP contribution < -0.4 is 0 Å². The third-order valence-electron chi connectivity index (χ3n) is 2.02. The Balaban J connectivity index is 4.24. The lowest BCUT2D eigenvalue weighted by Crippen LogP contribution is -2.59. The van der Waals surface area contributed by atoms with Crippen molar-refractivity contribution in [2.75, 3.05) is 0 Å². The monoisotopic (exact) mass is 238 g/mol. The molecule has 0 aliphatic heterocycles. The molecule has 0 amide bonds. The third kappa shape index (κ3) is 3.74. The highest BCUT2D eigenvalue weighted by Gasteiger charge is 2.53. The highest BCUT2D eigenvalue weighted by molar-refractivity contribution is 5.76. The van der Waals surface area contributed by atoms with Crippen molar-refractivity contribution in [3.05, 3.63) is 0 Å². The van der Waals surface area contributed by atoms with Crippen LogP contribution in [0.2, 0.25) is 0 Å². The van der Waals surface area contributed by atoms with Crippen molar-refractivity contribution < 1.29 is 40.2 Å². The molecule has 6 N–H and O–H groups in total. The van der Waals surface area contributed by atoms with E-state index in [1.807, 2.05) is 0 Å². The fourth-order valence-corrected chi connectivity index (χ4v) is 0.993. The number of rotatable bonds is 7. The lowest BCUT2D eigenvalue weighted by molar-refractivity contribution is -0.346. The van der Waals surface area contributed by atoms with Gasteiger partial charge in [-0.1, -0.05) is 0 Å². The van der Waals surface area contributed by atoms with E-state index in [-0.39, 0.29) is 19.3 Å². The predicted molar refractivity (Wildman–Crippen MR) is 48.1 cm³/mol. The van der Waals surface area contributed by atoms with Crippen molar-refractivity contribution in [3.63, 3.8) is 0 Å². The molecule has 0 saturated heterocycles. The minimum absolute atomic E-state index is 0.0634. The van der Waals surface area contributed by atoms with Crippen LogP contribution in [0.3, 0.4) is 0 Å². The van der Waals surface area contributed by atoms with Crippen LogP contribution >= 0.6 is 0 Å². The van der Waals surface area contributed by atoms with Gasteiger partial charge in [-0.3, -0.25) is 4.79 Å². The molecule has 0 aromatic rings. The summed E-state index contributed by atoms with van der Waals surface area (Å²) in [7, 11) is 0. The van der Waals surface area contributed by atoms with Gasteiger partial charge in [0.05, 0.1) is 0 Å². The van der Waals surface area contributed by atoms with Gasteiger partial charge in [-0.2, -0.15) is 0 Å². The molecule has 0 unspecified atom stereocenters. The van der Waals surface area contributed by atoms with Gasteiger partial charge in [0.1, 0.15) is 0 Å². The second kappa shape index (κ2) is 5.21. The average molecular weight is 238 g/mol. The summed E-state index contributed by atoms with van der Waals surface area (Å²) in [5.41, 5.74) is 0. The Hall–Kier alpha value is -1.22. The van der Waals surface area contributed by atoms with Gasteiger partial charge in [-0.25, -0.2) is 4.79 Å². The molecular weight excluding hydrogens is 224 g/mol. The molecule has 8 heteroatoms. The van der Waals surface area contributed by atoms with Gasteiger partial charge in [0.25, 0.3) is 0 Å². The van der Waals surface area contributed by atoms with E-state index in [2.05, 4.69) is 0 Å². The molecule has 16 heavy (non-hydrogen) atoms. The normalized spacial score (nSPS) is 12.5. The number of carbonyl (C=O) groups is 2. The summed E-state index contributed by atoms with van der Waals surface area (Å²) < 4.78 is 0. The van der Waals surface area contributed by atoms with Gasteiger partial charge < -0.3 is 30.6 Å². The van der Waals surface area contributed by atoms with E-state index < -0.39 is 29.9 Å². The standard InChI is InChI=1S/C8H14O8/c9-5(10)3-1-2-4-7(13,14)8(15,16)6(11)12/h13-16H,1-4H2,(H,9,10)(H,11,12). The maximum atomic E-state index is 10.3. The zero-order valence-electron chi connectivity index (χ0n) is 8.33. The van der Waals surface area contributed by atoms with Crippen molar-refractivity contribution in [1.29, 1.82) is 0 Å². The quantitative estimate of drug-likeness (QED) is 0.221. The molecule has 0 atom stereocenters. The molecule has 0 spiro atoms. The maximum Gasteiger partial charge on any atom is 0.370 e. The first-order valence-electron chi connectivity index (χ1n) is 4.46. The summed E-state index contributed by atoms with van der Waals surface area (Å²) in [5, 5.41) is 52.5. The number of carboxylic acids is 2. The minimum atomic E-state index is -3.68. The molecule has 0 aromatic carbocycles. The van der Waals surface area contributed by atoms with E-state index in [0.717, 1.165) is 0 Å². The molecule has 0 aliphatic carbocycles. The molecule has 8 nitrogen and oxygen atoms in total. The van der Waals surface area contributed by atoms with Crippen molar-refractivity contribution in [3.8, 4) is 0 Å². The van der Waals surface area contributed by atoms with Crippen molar-refractivity contribution in [2.24, 2.45) is 0 Å². The van der Waals surface area contributed by atoms with Crippen LogP contribution in [-0.4, -0.2) is 54.2 Å². The zero-order chi connectivity index (χ0) is 13.0. The fraction of sp³-hybridized carbons (Fsp3) is 0.750. The Morgan fingerprint density at radius 1 is 0.938 bits per heavy atom. The maximum absolute atomic E-state index is 10.3. The molecule has 0 aliphatic rings. The van der Waals surface area contributed by atoms with Crippen LogP contribution in [-0.2, 0) is 9.59 Å². The molecule has 0 saturated carbocycles. The Morgan fingerprint density at radius 2 is 1.44 bits per heavy atom. The second-order valence-corrected chi connectivity index (χ2v) is 3.39. The highest BCUT2D eigenvalue weighted by Crippen LogP contribution is 2.23. The summed E-state index contributed by atoms with van der Waals surface area (Å²) >= 11 is 0. The average Bonchev–Trinajstić information content (AvgIpc) is 2.11. The van der Waals surface area contributed by atoms with E-state index >= 15 is 0 Å². The number of unbranched alkanes of at least 4 members (excludes halogenated alkanes) is 1. The zero-order valence-corrected chi connectivity index (χ0v) is 8.33. The topological polar surface area (TPSA) is 156 Å². The molecule has 0 bridgehead atoms. The summed E-state index contributed by atoms with van der Waals surface area (Å²) in [6.07, 6.45) is -0.907. The minimum Gasteiger partial charge on any atom is -0.481 e. The lowest BCUT2D eigenvalue weighted by Gasteiger charge is -2.31. The molecule has 0 aromatic heterocycles. The van der Waals surface area contributed by atoms with Crippen LogP contribution in [0.25, 0.3) is 0 Å². The van der Waals surface area contributed by atoms with E-state index in [9.17, 15) is 9.59 Å². The van der Waals surface area contributed by atoms with Crippen molar-refractivity contribution >= 4 is 11.9 Å². The van der Waals surface area contributed by atoms with Crippen molar-refractivity contribution in [2.45, 2.75) is 37.3 Å².